The molecule has 0 rings (SSSR count). The Morgan fingerprint density at radius 3 is 0.649 bits per heavy atom. The van der Waals surface area contributed by atoms with Gasteiger partial charge in [0.05, 0.1) is 14.2 Å². The molecule has 0 unspecified atom stereocenters. The number of rotatable bonds is 40. The van der Waals surface area contributed by atoms with Crippen LogP contribution in [0.3, 0.4) is 0 Å². The second-order valence-electron chi connectivity index (χ2n) is 34.1. The Morgan fingerprint density at radius 1 is 0.261 bits per heavy atom. The van der Waals surface area contributed by atoms with E-state index in [1.165, 1.54) is 69.6 Å². The molecule has 0 aliphatic carbocycles. The molecule has 16 N–H and O–H groups in total. The van der Waals surface area contributed by atoms with Gasteiger partial charge >= 0.3 is 24.1 Å². The van der Waals surface area contributed by atoms with Gasteiger partial charge in [0.1, 0.15) is 94.8 Å². The number of carbonyl (C=O) groups excluding carboxylic acids is 16. The average Bonchev–Trinajstić information content (AvgIpc) is 0.835. The number of ether oxygens (including phenoxy) is 4. The van der Waals surface area contributed by atoms with Crippen molar-refractivity contribution < 1.29 is 101 Å². The van der Waals surface area contributed by atoms with Crippen LogP contribution in [0, 0.1) is 47.3 Å². The van der Waals surface area contributed by atoms with Crippen molar-refractivity contribution in [2.75, 3.05) is 14.2 Å². The summed E-state index contributed by atoms with van der Waals surface area (Å²) in [5, 5.41) is 36.6. The summed E-state index contributed by atoms with van der Waals surface area (Å²) in [7, 11) is 2.43. The maximum absolute atomic E-state index is 13.6. The lowest BCUT2D eigenvalue weighted by Gasteiger charge is -2.32. The molecule has 0 aromatic carbocycles. The number of amides is 14. The molecule has 0 saturated carbocycles. The molecule has 640 valence electrons. The van der Waals surface area contributed by atoms with Gasteiger partial charge in [-0.3, -0.25) is 57.5 Å². The molecule has 12 atom stereocenters. The second-order valence-corrected chi connectivity index (χ2v) is 34.1. The summed E-state index contributed by atoms with van der Waals surface area (Å²) in [6, 6.07) is -12.6. The number of hydrogen-bond acceptors (Lipinski definition) is 20. The molecule has 0 heterocycles. The zero-order valence-corrected chi connectivity index (χ0v) is 72.0. The number of nitrogens with one attached hydrogen (secondary N) is 14. The van der Waals surface area contributed by atoms with E-state index in [0.717, 1.165) is 0 Å². The fourth-order valence-electron chi connectivity index (χ4n) is 10.3. The molecule has 0 aromatic rings. The predicted molar refractivity (Wildman–Crippen MR) is 418 cm³/mol. The summed E-state index contributed by atoms with van der Waals surface area (Å²) in [5.41, 5.74) is -4.72. The first-order chi connectivity index (χ1) is 50.0. The highest BCUT2D eigenvalue weighted by atomic mass is 16.6. The van der Waals surface area contributed by atoms with Gasteiger partial charge in [0.15, 0.2) is 0 Å². The number of methoxy groups -OCH3 is 2. The molecule has 0 aliphatic rings. The molecule has 0 fully saturated rings. The monoisotopic (exact) mass is 1590 g/mol. The van der Waals surface area contributed by atoms with E-state index in [1.54, 1.807) is 96.9 Å². The van der Waals surface area contributed by atoms with E-state index in [2.05, 4.69) is 74.4 Å². The molecular formula is C76H140N14O21. The van der Waals surface area contributed by atoms with Gasteiger partial charge in [-0.2, -0.15) is 0 Å². The molecule has 35 heteroatoms. The van der Waals surface area contributed by atoms with Crippen molar-refractivity contribution in [3.8, 4) is 0 Å². The minimum Gasteiger partial charge on any atom is -0.467 e. The van der Waals surface area contributed by atoms with Crippen LogP contribution < -0.4 is 74.4 Å². The van der Waals surface area contributed by atoms with Crippen LogP contribution in [0.15, 0.2) is 0 Å². The summed E-state index contributed by atoms with van der Waals surface area (Å²) in [6.45, 7) is 50.2. The molecule has 0 saturated heterocycles. The number of hydrogen-bond donors (Lipinski definition) is 14. The molecule has 0 radical (unpaired) electrons. The smallest absolute Gasteiger partial charge is 0.408 e. The number of carbonyl (C=O) groups is 16. The summed E-state index contributed by atoms with van der Waals surface area (Å²) >= 11 is 0. The van der Waals surface area contributed by atoms with Crippen molar-refractivity contribution in [3.63, 3.8) is 0 Å². The van der Waals surface area contributed by atoms with Gasteiger partial charge in [-0.1, -0.05) is 111 Å². The highest BCUT2D eigenvalue weighted by Crippen LogP contribution is 2.17. The Labute approximate surface area is 657 Å². The molecule has 0 aromatic heterocycles. The van der Waals surface area contributed by atoms with Crippen LogP contribution in [-0.2, 0) is 86.1 Å². The summed E-state index contributed by atoms with van der Waals surface area (Å²) < 4.78 is 20.1. The Bertz CT molecular complexity index is 2920. The number of alkyl carbamates (subject to hydrolysis) is 2. The van der Waals surface area contributed by atoms with Crippen LogP contribution in [0.4, 0.5) is 9.59 Å². The van der Waals surface area contributed by atoms with Crippen molar-refractivity contribution >= 4 is 95.0 Å². The van der Waals surface area contributed by atoms with E-state index in [9.17, 15) is 76.7 Å². The third-order valence-corrected chi connectivity index (χ3v) is 16.4. The molecule has 0 spiro atoms. The maximum Gasteiger partial charge on any atom is 0.408 e. The number of esters is 2. The van der Waals surface area contributed by atoms with Gasteiger partial charge in [-0.25, -0.2) is 19.2 Å². The van der Waals surface area contributed by atoms with E-state index in [1.807, 2.05) is 55.4 Å². The van der Waals surface area contributed by atoms with Crippen LogP contribution >= 0.6 is 0 Å². The molecule has 0 bridgehead atoms. The SMILES string of the molecule is COC(=O)[C@H](CC(C)C)NC(=O)[C@H](C)NC(=O)[C@@H](NC(=O)C(C)(C)NC(=O)[C@H](CC(C)C)NC(=O)[C@H](C)NC(=O)[C@@H](NC(=O)OC(C)(C)C)C(C)C)C(C)C.COC(=O)[C@H](CC(C)C)NC(=O)[C@H](C)NC(=O)[C@@H](NC(=O)C(C)(C)NC(=O)[C@H](CC(C)C)NC(=O)[C@H](C)NC(=O)[C@@H](NC(=O)OC(C)(C)C)C(C)C)C(C)C.O. The lowest BCUT2D eigenvalue weighted by atomic mass is 9.97. The first-order valence-corrected chi connectivity index (χ1v) is 37.9. The highest BCUT2D eigenvalue weighted by Gasteiger charge is 2.41. The second kappa shape index (κ2) is 48.1. The first kappa shape index (κ1) is 106. The molecule has 111 heavy (non-hydrogen) atoms. The van der Waals surface area contributed by atoms with Crippen LogP contribution in [0.2, 0.25) is 0 Å². The Kier molecular flexibility index (Phi) is 46.0. The van der Waals surface area contributed by atoms with Gasteiger partial charge in [-0.15, -0.1) is 0 Å². The van der Waals surface area contributed by atoms with Crippen molar-refractivity contribution in [2.45, 2.75) is 328 Å². The van der Waals surface area contributed by atoms with Crippen molar-refractivity contribution in [2.24, 2.45) is 47.3 Å². The maximum atomic E-state index is 13.6. The van der Waals surface area contributed by atoms with Crippen molar-refractivity contribution in [1.29, 1.82) is 0 Å². The van der Waals surface area contributed by atoms with E-state index in [4.69, 9.17) is 18.9 Å². The van der Waals surface area contributed by atoms with E-state index < -0.39 is 202 Å². The zero-order valence-electron chi connectivity index (χ0n) is 72.0. The Balaban J connectivity index is -0.00000208. The minimum atomic E-state index is -1.57. The van der Waals surface area contributed by atoms with Gasteiger partial charge in [0, 0.05) is 0 Å². The van der Waals surface area contributed by atoms with Gasteiger partial charge in [0.2, 0.25) is 70.9 Å². The highest BCUT2D eigenvalue weighted by molar-refractivity contribution is 6.00. The first-order valence-electron chi connectivity index (χ1n) is 37.9. The van der Waals surface area contributed by atoms with Crippen LogP contribution in [0.25, 0.3) is 0 Å². The molecule has 0 aliphatic heterocycles. The quantitative estimate of drug-likeness (QED) is 0.0310. The minimum absolute atomic E-state index is 0. The van der Waals surface area contributed by atoms with Crippen LogP contribution in [0.1, 0.15) is 233 Å². The Hall–Kier alpha value is -8.92. The standard InChI is InChI=1S/2C38H69N7O10.H2O/c2*1-19(2)17-25(41-29(46)23(9)40-33(50)28(22(7)8)44-36(53)55-37(11,12)13)31(48)45-38(14,15)35(52)43-27(21(5)6)32(49)39-24(10)30(47)42-26(18-20(3)4)34(51)54-16;/h2*19-28H,17-18H2,1-16H3,(H,39,49)(H,40,50)(H,41,46)(H,42,47)(H,43,52)(H,44,53)(H,45,48);1H2/t2*23-,24-,25-,26-,27-,28-;/m00./s1. The predicted octanol–water partition coefficient (Wildman–Crippen LogP) is 2.81. The van der Waals surface area contributed by atoms with E-state index in [0.29, 0.717) is 12.8 Å². The third kappa shape index (κ3) is 41.3. The third-order valence-electron chi connectivity index (χ3n) is 16.4. The fourth-order valence-corrected chi connectivity index (χ4v) is 10.3. The van der Waals surface area contributed by atoms with Crippen molar-refractivity contribution in [1.82, 2.24) is 74.4 Å². The zero-order chi connectivity index (χ0) is 86.3. The molecule has 35 nitrogen and oxygen atoms in total. The lowest BCUT2D eigenvalue weighted by Crippen LogP contribution is -2.63. The molecular weight excluding hydrogens is 1440 g/mol. The summed E-state index contributed by atoms with van der Waals surface area (Å²) in [4.78, 5) is 209. The summed E-state index contributed by atoms with van der Waals surface area (Å²) in [5.74, 6) is -10.7. The topological polar surface area (TPSA) is 510 Å². The normalized spacial score (nSPS) is 15.0. The fraction of sp³-hybridized carbons (Fsp3) is 0.789. The van der Waals surface area contributed by atoms with Crippen LogP contribution in [0.5, 0.6) is 0 Å². The van der Waals surface area contributed by atoms with E-state index >= 15 is 0 Å². The Morgan fingerprint density at radius 2 is 0.459 bits per heavy atom. The van der Waals surface area contributed by atoms with E-state index in [-0.39, 0.29) is 53.8 Å². The average molecular weight is 1590 g/mol. The molecule has 14 amide bonds. The van der Waals surface area contributed by atoms with Crippen LogP contribution in [-0.4, -0.2) is 209 Å². The largest absolute Gasteiger partial charge is 0.467 e. The lowest BCUT2D eigenvalue weighted by molar-refractivity contribution is -0.146. The summed E-state index contributed by atoms with van der Waals surface area (Å²) in [6.07, 6.45) is -0.538. The van der Waals surface area contributed by atoms with Gasteiger partial charge < -0.3 is 98.9 Å². The van der Waals surface area contributed by atoms with Gasteiger partial charge in [-0.05, 0) is 170 Å². The van der Waals surface area contributed by atoms with Gasteiger partial charge in [0.25, 0.3) is 0 Å². The van der Waals surface area contributed by atoms with Crippen molar-refractivity contribution in [3.05, 3.63) is 0 Å².